The van der Waals surface area contributed by atoms with E-state index < -0.39 is 30.3 Å². The zero-order valence-electron chi connectivity index (χ0n) is 12.8. The van der Waals surface area contributed by atoms with Crippen LogP contribution in [0, 0.1) is 12.7 Å². The number of rotatable bonds is 5. The highest BCUT2D eigenvalue weighted by molar-refractivity contribution is 6.05. The lowest BCUT2D eigenvalue weighted by Crippen LogP contribution is -2.19. The van der Waals surface area contributed by atoms with Crippen molar-refractivity contribution >= 4 is 11.6 Å². The van der Waals surface area contributed by atoms with Gasteiger partial charge in [0.1, 0.15) is 11.3 Å². The number of aromatic nitrogens is 1. The molecule has 1 aromatic carbocycles. The third-order valence-electron chi connectivity index (χ3n) is 3.06. The maximum absolute atomic E-state index is 13.8. The van der Waals surface area contributed by atoms with Crippen molar-refractivity contribution < 1.29 is 31.6 Å². The van der Waals surface area contributed by atoms with Crippen LogP contribution >= 0.6 is 0 Å². The summed E-state index contributed by atoms with van der Waals surface area (Å²) in [5.41, 5.74) is 0.699. The van der Waals surface area contributed by atoms with Crippen LogP contribution in [-0.4, -0.2) is 23.8 Å². The molecule has 0 saturated heterocycles. The van der Waals surface area contributed by atoms with E-state index in [-0.39, 0.29) is 11.3 Å². The number of benzene rings is 1. The zero-order valence-corrected chi connectivity index (χ0v) is 12.8. The fraction of sp³-hybridized carbons (Fsp3) is 0.333. The predicted molar refractivity (Wildman–Crippen MR) is 76.5 cm³/mol. The summed E-state index contributed by atoms with van der Waals surface area (Å²) < 4.78 is 59.3. The fourth-order valence-corrected chi connectivity index (χ4v) is 2.00. The van der Waals surface area contributed by atoms with Gasteiger partial charge in [-0.15, -0.1) is 0 Å². The largest absolute Gasteiger partial charge is 0.481 e. The molecule has 0 aliphatic heterocycles. The lowest BCUT2D eigenvalue weighted by atomic mass is 10.1. The first-order chi connectivity index (χ1) is 11.2. The van der Waals surface area contributed by atoms with Crippen molar-refractivity contribution in [2.45, 2.75) is 26.4 Å². The van der Waals surface area contributed by atoms with Gasteiger partial charge in [0.2, 0.25) is 0 Å². The van der Waals surface area contributed by atoms with Gasteiger partial charge in [0, 0.05) is 18.2 Å². The van der Waals surface area contributed by atoms with Crippen LogP contribution in [0.4, 0.5) is 23.2 Å². The SMILES string of the molecule is CCc1onc(C)c1C(=O)Nc1ccc(OCC(F)(F)F)c(F)c1. The molecule has 0 aliphatic carbocycles. The molecule has 0 saturated carbocycles. The summed E-state index contributed by atoms with van der Waals surface area (Å²) in [5.74, 6) is -1.74. The number of alkyl halides is 3. The van der Waals surface area contributed by atoms with Crippen molar-refractivity contribution in [1.29, 1.82) is 0 Å². The van der Waals surface area contributed by atoms with Gasteiger partial charge in [-0.25, -0.2) is 4.39 Å². The Balaban J connectivity index is 2.12. The fourth-order valence-electron chi connectivity index (χ4n) is 2.00. The van der Waals surface area contributed by atoms with Gasteiger partial charge in [-0.2, -0.15) is 13.2 Å². The van der Waals surface area contributed by atoms with Gasteiger partial charge < -0.3 is 14.6 Å². The molecule has 0 atom stereocenters. The van der Waals surface area contributed by atoms with Crippen molar-refractivity contribution in [3.05, 3.63) is 41.0 Å². The van der Waals surface area contributed by atoms with E-state index in [0.29, 0.717) is 17.9 Å². The molecule has 130 valence electrons. The highest BCUT2D eigenvalue weighted by Crippen LogP contribution is 2.25. The molecule has 0 unspecified atom stereocenters. The van der Waals surface area contributed by atoms with Gasteiger partial charge >= 0.3 is 6.18 Å². The Labute approximate surface area is 134 Å². The molecule has 24 heavy (non-hydrogen) atoms. The molecule has 0 radical (unpaired) electrons. The van der Waals surface area contributed by atoms with Crippen LogP contribution in [0.5, 0.6) is 5.75 Å². The van der Waals surface area contributed by atoms with E-state index in [2.05, 4.69) is 15.2 Å². The second-order valence-electron chi connectivity index (χ2n) is 4.92. The molecule has 9 heteroatoms. The number of carbonyl (C=O) groups is 1. The van der Waals surface area contributed by atoms with E-state index in [1.54, 1.807) is 13.8 Å². The zero-order chi connectivity index (χ0) is 17.9. The van der Waals surface area contributed by atoms with Gasteiger partial charge in [0.15, 0.2) is 18.2 Å². The lowest BCUT2D eigenvalue weighted by molar-refractivity contribution is -0.153. The Kier molecular flexibility index (Phi) is 5.10. The lowest BCUT2D eigenvalue weighted by Gasteiger charge is -2.11. The summed E-state index contributed by atoms with van der Waals surface area (Å²) in [6.45, 7) is 1.77. The second-order valence-corrected chi connectivity index (χ2v) is 4.92. The van der Waals surface area contributed by atoms with E-state index in [1.807, 2.05) is 0 Å². The van der Waals surface area contributed by atoms with Crippen molar-refractivity contribution in [2.24, 2.45) is 0 Å². The molecule has 0 spiro atoms. The molecular weight excluding hydrogens is 332 g/mol. The van der Waals surface area contributed by atoms with Crippen LogP contribution in [0.3, 0.4) is 0 Å². The molecule has 0 bridgehead atoms. The number of halogens is 4. The topological polar surface area (TPSA) is 64.4 Å². The van der Waals surface area contributed by atoms with Gasteiger partial charge in [0.05, 0.1) is 5.69 Å². The van der Waals surface area contributed by atoms with E-state index in [4.69, 9.17) is 4.52 Å². The molecule has 1 amide bonds. The number of aryl methyl sites for hydroxylation is 2. The standard InChI is InChI=1S/C15H14F4N2O3/c1-3-11-13(8(2)21-24-11)14(22)20-9-4-5-12(10(16)6-9)23-7-15(17,18)19/h4-6H,3,7H2,1-2H3,(H,20,22). The third-order valence-corrected chi connectivity index (χ3v) is 3.06. The van der Waals surface area contributed by atoms with Crippen molar-refractivity contribution in [1.82, 2.24) is 5.16 Å². The highest BCUT2D eigenvalue weighted by Gasteiger charge is 2.29. The summed E-state index contributed by atoms with van der Waals surface area (Å²) in [7, 11) is 0. The Morgan fingerprint density at radius 1 is 1.38 bits per heavy atom. The molecule has 2 rings (SSSR count). The van der Waals surface area contributed by atoms with Crippen LogP contribution in [-0.2, 0) is 6.42 Å². The minimum Gasteiger partial charge on any atom is -0.481 e. The van der Waals surface area contributed by atoms with Crippen LogP contribution in [0.25, 0.3) is 0 Å². The van der Waals surface area contributed by atoms with Crippen LogP contribution < -0.4 is 10.1 Å². The summed E-state index contributed by atoms with van der Waals surface area (Å²) >= 11 is 0. The predicted octanol–water partition coefficient (Wildman–Crippen LogP) is 3.88. The molecule has 1 heterocycles. The van der Waals surface area contributed by atoms with Crippen molar-refractivity contribution in [3.8, 4) is 5.75 Å². The number of nitrogens with one attached hydrogen (secondary N) is 1. The molecule has 0 aliphatic rings. The minimum atomic E-state index is -4.57. The average molecular weight is 346 g/mol. The van der Waals surface area contributed by atoms with Crippen molar-refractivity contribution in [3.63, 3.8) is 0 Å². The van der Waals surface area contributed by atoms with E-state index in [9.17, 15) is 22.4 Å². The molecular formula is C15H14F4N2O3. The molecule has 1 N–H and O–H groups in total. The maximum atomic E-state index is 13.8. The first kappa shape index (κ1) is 17.8. The smallest absolute Gasteiger partial charge is 0.422 e. The Morgan fingerprint density at radius 3 is 2.67 bits per heavy atom. The number of ether oxygens (including phenoxy) is 1. The van der Waals surface area contributed by atoms with Gasteiger partial charge in [-0.05, 0) is 19.1 Å². The number of amides is 1. The van der Waals surface area contributed by atoms with Crippen LogP contribution in [0.15, 0.2) is 22.7 Å². The quantitative estimate of drug-likeness (QED) is 0.835. The van der Waals surface area contributed by atoms with Crippen LogP contribution in [0.1, 0.15) is 28.7 Å². The van der Waals surface area contributed by atoms with E-state index in [0.717, 1.165) is 12.1 Å². The van der Waals surface area contributed by atoms with Crippen molar-refractivity contribution in [2.75, 3.05) is 11.9 Å². The van der Waals surface area contributed by atoms with Gasteiger partial charge in [-0.3, -0.25) is 4.79 Å². The molecule has 2 aromatic rings. The minimum absolute atomic E-state index is 0.0690. The number of anilines is 1. The number of nitrogens with zero attached hydrogens (tertiary/aromatic N) is 1. The summed E-state index contributed by atoms with van der Waals surface area (Å²) in [6.07, 6.45) is -4.12. The Bertz CT molecular complexity index is 741. The number of carbonyl (C=O) groups excluding carboxylic acids is 1. The van der Waals surface area contributed by atoms with Gasteiger partial charge in [-0.1, -0.05) is 12.1 Å². The molecule has 0 fully saturated rings. The first-order valence-corrected chi connectivity index (χ1v) is 6.97. The highest BCUT2D eigenvalue weighted by atomic mass is 19.4. The monoisotopic (exact) mass is 346 g/mol. The van der Waals surface area contributed by atoms with E-state index in [1.165, 1.54) is 6.07 Å². The normalized spacial score (nSPS) is 11.4. The first-order valence-electron chi connectivity index (χ1n) is 6.97. The average Bonchev–Trinajstić information content (AvgIpc) is 2.86. The third kappa shape index (κ3) is 4.24. The Hall–Kier alpha value is -2.58. The van der Waals surface area contributed by atoms with Crippen LogP contribution in [0.2, 0.25) is 0 Å². The van der Waals surface area contributed by atoms with Gasteiger partial charge in [0.25, 0.3) is 5.91 Å². The number of hydrogen-bond acceptors (Lipinski definition) is 4. The maximum Gasteiger partial charge on any atom is 0.422 e. The van der Waals surface area contributed by atoms with E-state index >= 15 is 0 Å². The summed E-state index contributed by atoms with van der Waals surface area (Å²) in [6, 6.07) is 3.12. The summed E-state index contributed by atoms with van der Waals surface area (Å²) in [4.78, 5) is 12.2. The molecule has 5 nitrogen and oxygen atoms in total. The Morgan fingerprint density at radius 2 is 2.08 bits per heavy atom. The number of hydrogen-bond donors (Lipinski definition) is 1. The second kappa shape index (κ2) is 6.90. The summed E-state index contributed by atoms with van der Waals surface area (Å²) in [5, 5.41) is 6.14. The molecule has 1 aromatic heterocycles.